The van der Waals surface area contributed by atoms with E-state index in [4.69, 9.17) is 0 Å². The summed E-state index contributed by atoms with van der Waals surface area (Å²) in [5.74, 6) is -0.156. The molecule has 0 heterocycles. The Balaban J connectivity index is 2.68. The highest BCUT2D eigenvalue weighted by Gasteiger charge is 2.18. The van der Waals surface area contributed by atoms with Gasteiger partial charge in [0.25, 0.3) is 0 Å². The van der Waals surface area contributed by atoms with Gasteiger partial charge in [0.15, 0.2) is 0 Å². The Bertz CT molecular complexity index is 301. The Kier molecular flexibility index (Phi) is 3.64. The minimum atomic E-state index is -1.20. The molecule has 0 saturated carbocycles. The Morgan fingerprint density at radius 2 is 1.86 bits per heavy atom. The van der Waals surface area contributed by atoms with E-state index in [2.05, 4.69) is 19.7 Å². The molecule has 0 N–H and O–H groups in total. The summed E-state index contributed by atoms with van der Waals surface area (Å²) in [7, 11) is -1.20. The molecule has 0 amide bonds. The van der Waals surface area contributed by atoms with Gasteiger partial charge in [-0.2, -0.15) is 0 Å². The first-order chi connectivity index (χ1) is 6.53. The van der Waals surface area contributed by atoms with E-state index >= 15 is 0 Å². The van der Waals surface area contributed by atoms with E-state index in [0.29, 0.717) is 0 Å². The maximum absolute atomic E-state index is 12.7. The maximum Gasteiger partial charge on any atom is 0.123 e. The molecule has 0 nitrogen and oxygen atoms in total. The summed E-state index contributed by atoms with van der Waals surface area (Å²) < 4.78 is 12.7. The van der Waals surface area contributed by atoms with E-state index in [9.17, 15) is 4.39 Å². The molecule has 1 aromatic carbocycles. The molecule has 0 atom stereocenters. The average Bonchev–Trinajstić information content (AvgIpc) is 2.08. The Hall–Kier alpha value is -0.893. The van der Waals surface area contributed by atoms with E-state index in [1.807, 2.05) is 18.2 Å². The first-order valence-electron chi connectivity index (χ1n) is 4.89. The number of hydrogen-bond acceptors (Lipinski definition) is 0. The predicted octanol–water partition coefficient (Wildman–Crippen LogP) is 3.80. The normalized spacial score (nSPS) is 11.4. The molecule has 0 fully saturated rings. The number of halogens is 1. The quantitative estimate of drug-likeness (QED) is 0.521. The summed E-state index contributed by atoms with van der Waals surface area (Å²) in [6.45, 7) is 8.44. The fraction of sp³-hybridized carbons (Fsp3) is 0.333. The molecule has 0 spiro atoms. The lowest BCUT2D eigenvalue weighted by Crippen LogP contribution is -2.28. The largest absolute Gasteiger partial charge is 0.207 e. The molecular formula is C12H17FSi. The zero-order valence-corrected chi connectivity index (χ0v) is 9.89. The van der Waals surface area contributed by atoms with Crippen molar-refractivity contribution < 1.29 is 4.39 Å². The van der Waals surface area contributed by atoms with Crippen molar-refractivity contribution in [1.82, 2.24) is 0 Å². The van der Waals surface area contributed by atoms with E-state index in [1.54, 1.807) is 0 Å². The fourth-order valence-corrected chi connectivity index (χ4v) is 3.88. The van der Waals surface area contributed by atoms with Gasteiger partial charge in [0.05, 0.1) is 8.07 Å². The highest BCUT2D eigenvalue weighted by Crippen LogP contribution is 2.16. The zero-order chi connectivity index (χ0) is 10.6. The molecule has 0 aliphatic heterocycles. The molecule has 0 saturated heterocycles. The van der Waals surface area contributed by atoms with Crippen LogP contribution in [-0.2, 0) is 6.04 Å². The van der Waals surface area contributed by atoms with Gasteiger partial charge in [-0.3, -0.25) is 0 Å². The molecule has 0 bridgehead atoms. The molecule has 2 heteroatoms. The van der Waals surface area contributed by atoms with Crippen molar-refractivity contribution in [3.63, 3.8) is 0 Å². The van der Waals surface area contributed by atoms with Crippen LogP contribution in [0.15, 0.2) is 36.9 Å². The second-order valence-corrected chi connectivity index (χ2v) is 9.55. The highest BCUT2D eigenvalue weighted by molar-refractivity contribution is 6.77. The molecule has 0 aliphatic rings. The molecular weight excluding hydrogens is 191 g/mol. The van der Waals surface area contributed by atoms with Crippen molar-refractivity contribution in [3.05, 3.63) is 48.3 Å². The first kappa shape index (κ1) is 11.2. The molecule has 0 unspecified atom stereocenters. The minimum Gasteiger partial charge on any atom is -0.207 e. The van der Waals surface area contributed by atoms with Gasteiger partial charge in [0, 0.05) is 0 Å². The molecule has 0 aliphatic carbocycles. The van der Waals surface area contributed by atoms with Crippen LogP contribution in [0, 0.1) is 5.82 Å². The zero-order valence-electron chi connectivity index (χ0n) is 8.89. The van der Waals surface area contributed by atoms with Crippen LogP contribution in [-0.4, -0.2) is 8.07 Å². The number of hydrogen-bond donors (Lipinski definition) is 0. The van der Waals surface area contributed by atoms with Crippen LogP contribution in [0.5, 0.6) is 0 Å². The third-order valence-corrected chi connectivity index (χ3v) is 5.05. The summed E-state index contributed by atoms with van der Waals surface area (Å²) in [4.78, 5) is 0. The first-order valence-corrected chi connectivity index (χ1v) is 8.30. The van der Waals surface area contributed by atoms with Gasteiger partial charge in [-0.25, -0.2) is 4.39 Å². The summed E-state index contributed by atoms with van der Waals surface area (Å²) >= 11 is 0. The summed E-state index contributed by atoms with van der Waals surface area (Å²) in [6.07, 6.45) is 2.00. The van der Waals surface area contributed by atoms with Crippen molar-refractivity contribution in [2.24, 2.45) is 0 Å². The van der Waals surface area contributed by atoms with E-state index in [-0.39, 0.29) is 5.82 Å². The van der Waals surface area contributed by atoms with Gasteiger partial charge in [0.1, 0.15) is 5.82 Å². The fourth-order valence-electron chi connectivity index (χ4n) is 1.62. The van der Waals surface area contributed by atoms with Crippen LogP contribution >= 0.6 is 0 Å². The van der Waals surface area contributed by atoms with Gasteiger partial charge in [-0.15, -0.1) is 6.58 Å². The molecule has 0 radical (unpaired) electrons. The average molecular weight is 208 g/mol. The summed E-state index contributed by atoms with van der Waals surface area (Å²) in [5.41, 5.74) is 1.24. The third-order valence-electron chi connectivity index (χ3n) is 2.29. The summed E-state index contributed by atoms with van der Waals surface area (Å²) in [5, 5.41) is 0. The molecule has 76 valence electrons. The van der Waals surface area contributed by atoms with Crippen LogP contribution < -0.4 is 0 Å². The van der Waals surface area contributed by atoms with Crippen LogP contribution in [0.3, 0.4) is 0 Å². The molecule has 14 heavy (non-hydrogen) atoms. The lowest BCUT2D eigenvalue weighted by atomic mass is 10.2. The maximum atomic E-state index is 12.7. The monoisotopic (exact) mass is 208 g/mol. The Labute approximate surface area is 86.5 Å². The number of benzene rings is 1. The van der Waals surface area contributed by atoms with Crippen molar-refractivity contribution in [1.29, 1.82) is 0 Å². The second kappa shape index (κ2) is 4.56. The standard InChI is InChI=1S/C12H17FSi/c1-4-9-14(2,3)10-11-5-7-12(13)8-6-11/h4-8H,1,9-10H2,2-3H3. The van der Waals surface area contributed by atoms with Crippen LogP contribution in [0.2, 0.25) is 19.1 Å². The SMILES string of the molecule is C=CC[Si](C)(C)Cc1ccc(F)cc1. The smallest absolute Gasteiger partial charge is 0.123 e. The third kappa shape index (κ3) is 3.46. The van der Waals surface area contributed by atoms with Crippen LogP contribution in [0.25, 0.3) is 0 Å². The van der Waals surface area contributed by atoms with E-state index in [0.717, 1.165) is 12.1 Å². The predicted molar refractivity (Wildman–Crippen MR) is 62.6 cm³/mol. The second-order valence-electron chi connectivity index (χ2n) is 4.46. The van der Waals surface area contributed by atoms with E-state index < -0.39 is 8.07 Å². The molecule has 1 aromatic rings. The highest BCUT2D eigenvalue weighted by atomic mass is 28.3. The van der Waals surface area contributed by atoms with Gasteiger partial charge in [-0.1, -0.05) is 36.9 Å². The van der Waals surface area contributed by atoms with Crippen molar-refractivity contribution >= 4 is 8.07 Å². The van der Waals surface area contributed by atoms with Crippen LogP contribution in [0.1, 0.15) is 5.56 Å². The van der Waals surface area contributed by atoms with Gasteiger partial charge < -0.3 is 0 Å². The topological polar surface area (TPSA) is 0 Å². The molecule has 1 rings (SSSR count). The minimum absolute atomic E-state index is 0.156. The van der Waals surface area contributed by atoms with Crippen molar-refractivity contribution in [2.45, 2.75) is 25.2 Å². The Morgan fingerprint density at radius 1 is 1.29 bits per heavy atom. The summed E-state index contributed by atoms with van der Waals surface area (Å²) in [6, 6.07) is 9.05. The van der Waals surface area contributed by atoms with Gasteiger partial charge in [-0.05, 0) is 24.2 Å². The lowest BCUT2D eigenvalue weighted by molar-refractivity contribution is 0.627. The van der Waals surface area contributed by atoms with Crippen molar-refractivity contribution in [2.75, 3.05) is 0 Å². The lowest BCUT2D eigenvalue weighted by Gasteiger charge is -2.20. The number of allylic oxidation sites excluding steroid dienone is 1. The molecule has 0 aromatic heterocycles. The number of rotatable bonds is 4. The Morgan fingerprint density at radius 3 is 2.36 bits per heavy atom. The van der Waals surface area contributed by atoms with Gasteiger partial charge in [0.2, 0.25) is 0 Å². The van der Waals surface area contributed by atoms with Gasteiger partial charge >= 0.3 is 0 Å². The van der Waals surface area contributed by atoms with Crippen LogP contribution in [0.4, 0.5) is 4.39 Å². The van der Waals surface area contributed by atoms with Crippen molar-refractivity contribution in [3.8, 4) is 0 Å². The van der Waals surface area contributed by atoms with E-state index in [1.165, 1.54) is 17.7 Å².